The molecule has 4 rings (SSSR count). The van der Waals surface area contributed by atoms with Gasteiger partial charge >= 0.3 is 11.9 Å². The zero-order chi connectivity index (χ0) is 25.7. The molecule has 0 radical (unpaired) electrons. The molecule has 0 N–H and O–H groups in total. The van der Waals surface area contributed by atoms with Gasteiger partial charge in [0.05, 0.1) is 11.1 Å². The van der Waals surface area contributed by atoms with Crippen molar-refractivity contribution in [1.29, 1.82) is 0 Å². The van der Waals surface area contributed by atoms with Gasteiger partial charge in [-0.05, 0) is 97.1 Å². The predicted octanol–water partition coefficient (Wildman–Crippen LogP) is 6.78. The maximum absolute atomic E-state index is 13.6. The van der Waals surface area contributed by atoms with Gasteiger partial charge in [-0.1, -0.05) is 0 Å². The summed E-state index contributed by atoms with van der Waals surface area (Å²) in [7, 11) is 0. The number of carbonyl (C=O) groups excluding carboxylic acids is 2. The van der Waals surface area contributed by atoms with Gasteiger partial charge in [0.1, 0.15) is 23.3 Å². The first-order valence-corrected chi connectivity index (χ1v) is 10.5. The Balaban J connectivity index is 1.85. The van der Waals surface area contributed by atoms with E-state index in [1.54, 1.807) is 0 Å². The second-order valence-electron chi connectivity index (χ2n) is 7.46. The van der Waals surface area contributed by atoms with Crippen LogP contribution in [0.3, 0.4) is 0 Å². The van der Waals surface area contributed by atoms with E-state index in [0.717, 1.165) is 48.5 Å². The fraction of sp³-hybridized carbons (Fsp3) is 0. The zero-order valence-corrected chi connectivity index (χ0v) is 18.4. The molecule has 0 fully saturated rings. The van der Waals surface area contributed by atoms with Gasteiger partial charge in [0.15, 0.2) is 11.5 Å². The van der Waals surface area contributed by atoms with Crippen molar-refractivity contribution in [3.8, 4) is 0 Å². The third kappa shape index (κ3) is 5.85. The molecule has 0 aliphatic heterocycles. The van der Waals surface area contributed by atoms with Crippen molar-refractivity contribution >= 4 is 23.5 Å². The summed E-state index contributed by atoms with van der Waals surface area (Å²) in [5.41, 5.74) is 0.273. The molecule has 8 heteroatoms. The molecule has 4 aromatic carbocycles. The average molecular weight is 492 g/mol. The molecule has 0 atom stereocenters. The number of hydrogen-bond donors (Lipinski definition) is 0. The van der Waals surface area contributed by atoms with Crippen LogP contribution in [-0.2, 0) is 9.47 Å². The van der Waals surface area contributed by atoms with E-state index in [1.807, 2.05) is 0 Å². The van der Waals surface area contributed by atoms with Crippen molar-refractivity contribution in [3.63, 3.8) is 0 Å². The van der Waals surface area contributed by atoms with Crippen molar-refractivity contribution in [2.75, 3.05) is 0 Å². The van der Waals surface area contributed by atoms with Gasteiger partial charge in [-0.3, -0.25) is 0 Å². The Morgan fingerprint density at radius 2 is 0.611 bits per heavy atom. The molecule has 0 aromatic heterocycles. The van der Waals surface area contributed by atoms with Crippen LogP contribution in [0.25, 0.3) is 11.5 Å². The molecule has 4 nitrogen and oxygen atoms in total. The molecule has 0 amide bonds. The van der Waals surface area contributed by atoms with Crippen molar-refractivity contribution in [3.05, 3.63) is 143 Å². The monoisotopic (exact) mass is 492 g/mol. The minimum Gasteiger partial charge on any atom is -0.418 e. The molecule has 180 valence electrons. The Labute approximate surface area is 203 Å². The number of ether oxygens (including phenoxy) is 2. The van der Waals surface area contributed by atoms with Gasteiger partial charge in [-0.15, -0.1) is 0 Å². The largest absolute Gasteiger partial charge is 0.418 e. The summed E-state index contributed by atoms with van der Waals surface area (Å²) < 4.78 is 65.0. The SMILES string of the molecule is O=C(O/C(=C(\OC(=O)c1ccc(F)cc1)c1ccc(F)cc1)c1ccc(F)cc1)c1ccc(F)cc1. The molecule has 0 spiro atoms. The molecule has 0 aliphatic rings. The molecule has 0 saturated carbocycles. The zero-order valence-electron chi connectivity index (χ0n) is 18.4. The van der Waals surface area contributed by atoms with Gasteiger partial charge in [-0.25, -0.2) is 27.2 Å². The van der Waals surface area contributed by atoms with E-state index in [9.17, 15) is 27.2 Å². The lowest BCUT2D eigenvalue weighted by Crippen LogP contribution is -2.11. The van der Waals surface area contributed by atoms with Gasteiger partial charge in [0.2, 0.25) is 0 Å². The van der Waals surface area contributed by atoms with Crippen LogP contribution in [-0.4, -0.2) is 11.9 Å². The summed E-state index contributed by atoms with van der Waals surface area (Å²) in [5.74, 6) is -4.71. The number of hydrogen-bond acceptors (Lipinski definition) is 4. The number of carbonyl (C=O) groups is 2. The van der Waals surface area contributed by atoms with Crippen molar-refractivity contribution in [1.82, 2.24) is 0 Å². The lowest BCUT2D eigenvalue weighted by Gasteiger charge is -2.16. The number of rotatable bonds is 6. The highest BCUT2D eigenvalue weighted by Gasteiger charge is 2.23. The summed E-state index contributed by atoms with van der Waals surface area (Å²) in [4.78, 5) is 25.8. The molecule has 0 bridgehead atoms. The Morgan fingerprint density at radius 1 is 0.389 bits per heavy atom. The van der Waals surface area contributed by atoms with Gasteiger partial charge in [0, 0.05) is 11.1 Å². The van der Waals surface area contributed by atoms with E-state index in [2.05, 4.69) is 0 Å². The highest BCUT2D eigenvalue weighted by atomic mass is 19.1. The molecule has 0 unspecified atom stereocenters. The van der Waals surface area contributed by atoms with Crippen LogP contribution in [0, 0.1) is 23.3 Å². The molecule has 0 saturated heterocycles. The smallest absolute Gasteiger partial charge is 0.343 e. The number of halogens is 4. The molecule has 4 aromatic rings. The highest BCUT2D eigenvalue weighted by Crippen LogP contribution is 2.31. The van der Waals surface area contributed by atoms with E-state index in [1.165, 1.54) is 48.5 Å². The Bertz CT molecular complexity index is 1300. The lowest BCUT2D eigenvalue weighted by molar-refractivity contribution is 0.0646. The summed E-state index contributed by atoms with van der Waals surface area (Å²) >= 11 is 0. The van der Waals surface area contributed by atoms with Gasteiger partial charge < -0.3 is 9.47 Å². The minimum atomic E-state index is -0.924. The van der Waals surface area contributed by atoms with E-state index in [-0.39, 0.29) is 33.8 Å². The summed E-state index contributed by atoms with van der Waals surface area (Å²) in [6, 6.07) is 18.6. The van der Waals surface area contributed by atoms with E-state index < -0.39 is 35.2 Å². The van der Waals surface area contributed by atoms with E-state index in [0.29, 0.717) is 0 Å². The van der Waals surface area contributed by atoms with Crippen molar-refractivity contribution in [2.45, 2.75) is 0 Å². The Kier molecular flexibility index (Phi) is 7.25. The second kappa shape index (κ2) is 10.7. The number of benzene rings is 4. The lowest BCUT2D eigenvalue weighted by atomic mass is 10.1. The summed E-state index contributed by atoms with van der Waals surface area (Å²) in [5, 5.41) is 0. The van der Waals surface area contributed by atoms with Crippen LogP contribution in [0.1, 0.15) is 31.8 Å². The van der Waals surface area contributed by atoms with E-state index in [4.69, 9.17) is 9.47 Å². The first-order chi connectivity index (χ1) is 17.3. The molecular formula is C28H16F4O4. The minimum absolute atomic E-state index is 0.0145. The Hall–Kier alpha value is -4.72. The fourth-order valence-electron chi connectivity index (χ4n) is 3.15. The third-order valence-corrected chi connectivity index (χ3v) is 4.97. The third-order valence-electron chi connectivity index (χ3n) is 4.97. The summed E-state index contributed by atoms with van der Waals surface area (Å²) in [6.45, 7) is 0. The Morgan fingerprint density at radius 3 is 0.861 bits per heavy atom. The maximum atomic E-state index is 13.6. The maximum Gasteiger partial charge on any atom is 0.343 e. The normalized spacial score (nSPS) is 11.4. The van der Waals surface area contributed by atoms with Crippen LogP contribution in [0.2, 0.25) is 0 Å². The van der Waals surface area contributed by atoms with Gasteiger partial charge in [-0.2, -0.15) is 0 Å². The van der Waals surface area contributed by atoms with Crippen LogP contribution in [0.15, 0.2) is 97.1 Å². The van der Waals surface area contributed by atoms with Crippen LogP contribution in [0.5, 0.6) is 0 Å². The molecule has 0 aliphatic carbocycles. The van der Waals surface area contributed by atoms with Crippen LogP contribution in [0.4, 0.5) is 17.6 Å². The topological polar surface area (TPSA) is 52.6 Å². The van der Waals surface area contributed by atoms with Gasteiger partial charge in [0.25, 0.3) is 0 Å². The average Bonchev–Trinajstić information content (AvgIpc) is 2.88. The van der Waals surface area contributed by atoms with Crippen LogP contribution < -0.4 is 0 Å². The second-order valence-corrected chi connectivity index (χ2v) is 7.46. The fourth-order valence-corrected chi connectivity index (χ4v) is 3.15. The number of esters is 2. The first-order valence-electron chi connectivity index (χ1n) is 10.5. The predicted molar refractivity (Wildman–Crippen MR) is 123 cm³/mol. The molecule has 0 heterocycles. The quantitative estimate of drug-likeness (QED) is 0.129. The molecule has 36 heavy (non-hydrogen) atoms. The summed E-state index contributed by atoms with van der Waals surface area (Å²) in [6.07, 6.45) is 0. The van der Waals surface area contributed by atoms with Crippen molar-refractivity contribution in [2.24, 2.45) is 0 Å². The molecular weight excluding hydrogens is 476 g/mol. The standard InChI is InChI=1S/C28H16F4O4/c29-21-9-1-17(2-10-21)25(35-27(33)19-5-13-23(31)14-6-19)26(18-3-11-22(30)12-4-18)36-28(34)20-7-15-24(32)16-8-20/h1-16H/b26-25-. The van der Waals surface area contributed by atoms with Crippen LogP contribution >= 0.6 is 0 Å². The first kappa shape index (κ1) is 24.4. The van der Waals surface area contributed by atoms with Crippen molar-refractivity contribution < 1.29 is 36.6 Å². The highest BCUT2D eigenvalue weighted by molar-refractivity contribution is 6.00. The van der Waals surface area contributed by atoms with E-state index >= 15 is 0 Å².